The lowest BCUT2D eigenvalue weighted by Gasteiger charge is -2.41. The van der Waals surface area contributed by atoms with Crippen LogP contribution in [0.4, 0.5) is 8.78 Å². The van der Waals surface area contributed by atoms with Crippen LogP contribution in [0.15, 0.2) is 12.1 Å². The molecule has 166 valence electrons. The van der Waals surface area contributed by atoms with Gasteiger partial charge in [-0.15, -0.1) is 0 Å². The average molecular weight is 424 g/mol. The number of benzene rings is 1. The van der Waals surface area contributed by atoms with Gasteiger partial charge in [-0.3, -0.25) is 0 Å². The van der Waals surface area contributed by atoms with Gasteiger partial charge in [-0.05, 0) is 123 Å². The van der Waals surface area contributed by atoms with Gasteiger partial charge in [-0.1, -0.05) is 19.8 Å². The number of hydrogen-bond acceptors (Lipinski definition) is 1. The van der Waals surface area contributed by atoms with Crippen LogP contribution in [-0.4, -0.2) is 0 Å². The highest BCUT2D eigenvalue weighted by Crippen LogP contribution is 2.47. The van der Waals surface area contributed by atoms with Crippen molar-refractivity contribution in [2.45, 2.75) is 89.9 Å². The number of rotatable bonds is 3. The van der Waals surface area contributed by atoms with Crippen LogP contribution in [0, 0.1) is 64.4 Å². The number of nitrogens with zero attached hydrogens (tertiary/aromatic N) is 1. The van der Waals surface area contributed by atoms with E-state index in [2.05, 4.69) is 18.8 Å². The minimum absolute atomic E-state index is 0.235. The highest BCUT2D eigenvalue weighted by molar-refractivity contribution is 5.42. The molecule has 0 unspecified atom stereocenters. The lowest BCUT2D eigenvalue weighted by atomic mass is 9.65. The van der Waals surface area contributed by atoms with Crippen LogP contribution in [0.2, 0.25) is 0 Å². The van der Waals surface area contributed by atoms with E-state index in [1.807, 2.05) is 0 Å². The standard InChI is InChI=1S/C28H35F2N/c1-19-4-6-20(7-5-19)21-8-10-22(11-9-21)23-12-14-24(15-13-23)25-17-27(29)26(3-2-16-31)28(30)18-25/h17-24H,4-15H2,1H3. The van der Waals surface area contributed by atoms with Gasteiger partial charge in [0.15, 0.2) is 6.07 Å². The molecule has 1 aromatic rings. The van der Waals surface area contributed by atoms with E-state index < -0.39 is 11.6 Å². The van der Waals surface area contributed by atoms with Crippen molar-refractivity contribution in [1.29, 1.82) is 5.26 Å². The molecule has 3 heteroatoms. The van der Waals surface area contributed by atoms with Gasteiger partial charge in [0.25, 0.3) is 0 Å². The Balaban J connectivity index is 1.28. The summed E-state index contributed by atoms with van der Waals surface area (Å²) in [6, 6.07) is 4.49. The average Bonchev–Trinajstić information content (AvgIpc) is 2.79. The van der Waals surface area contributed by atoms with Gasteiger partial charge in [0, 0.05) is 5.92 Å². The smallest absolute Gasteiger partial charge is 0.152 e. The second-order valence-corrected chi connectivity index (χ2v) is 10.5. The van der Waals surface area contributed by atoms with Crippen LogP contribution in [0.25, 0.3) is 0 Å². The maximum Gasteiger partial charge on any atom is 0.152 e. The molecule has 0 heterocycles. The molecule has 3 aliphatic carbocycles. The molecule has 1 aromatic carbocycles. The quantitative estimate of drug-likeness (QED) is 0.456. The molecule has 3 fully saturated rings. The molecule has 0 aromatic heterocycles. The fourth-order valence-corrected chi connectivity index (χ4v) is 6.81. The topological polar surface area (TPSA) is 23.8 Å². The lowest BCUT2D eigenvalue weighted by Crippen LogP contribution is -2.29. The zero-order chi connectivity index (χ0) is 21.8. The fraction of sp³-hybridized carbons (Fsp3) is 0.679. The Bertz CT molecular complexity index is 826. The summed E-state index contributed by atoms with van der Waals surface area (Å²) >= 11 is 0. The highest BCUT2D eigenvalue weighted by Gasteiger charge is 2.34. The Morgan fingerprint density at radius 1 is 0.710 bits per heavy atom. The van der Waals surface area contributed by atoms with Crippen LogP contribution in [0.5, 0.6) is 0 Å². The summed E-state index contributed by atoms with van der Waals surface area (Å²) in [5, 5.41) is 8.52. The van der Waals surface area contributed by atoms with E-state index in [-0.39, 0.29) is 11.5 Å². The number of halogens is 2. The third kappa shape index (κ3) is 5.31. The Morgan fingerprint density at radius 3 is 1.58 bits per heavy atom. The largest absolute Gasteiger partial charge is 0.206 e. The summed E-state index contributed by atoms with van der Waals surface area (Å²) in [5.74, 6) is 7.85. The molecule has 1 nitrogen and oxygen atoms in total. The maximum atomic E-state index is 14.3. The summed E-state index contributed by atoms with van der Waals surface area (Å²) in [6.07, 6.45) is 15.8. The van der Waals surface area contributed by atoms with Crippen molar-refractivity contribution in [3.05, 3.63) is 34.9 Å². The minimum Gasteiger partial charge on any atom is -0.206 e. The van der Waals surface area contributed by atoms with Gasteiger partial charge in [0.2, 0.25) is 0 Å². The summed E-state index contributed by atoms with van der Waals surface area (Å²) < 4.78 is 28.6. The maximum absolute atomic E-state index is 14.3. The molecule has 0 bridgehead atoms. The highest BCUT2D eigenvalue weighted by atomic mass is 19.1. The Labute approximate surface area is 186 Å². The molecule has 0 atom stereocenters. The predicted molar refractivity (Wildman–Crippen MR) is 120 cm³/mol. The molecule has 3 saturated carbocycles. The van der Waals surface area contributed by atoms with E-state index in [0.717, 1.165) is 48.0 Å². The molecular weight excluding hydrogens is 388 g/mol. The van der Waals surface area contributed by atoms with Crippen LogP contribution in [0.3, 0.4) is 0 Å². The van der Waals surface area contributed by atoms with Gasteiger partial charge in [-0.25, -0.2) is 8.78 Å². The van der Waals surface area contributed by atoms with Crippen molar-refractivity contribution in [2.75, 3.05) is 0 Å². The van der Waals surface area contributed by atoms with Gasteiger partial charge >= 0.3 is 0 Å². The van der Waals surface area contributed by atoms with Gasteiger partial charge in [0.1, 0.15) is 11.6 Å². The number of hydrogen-bond donors (Lipinski definition) is 0. The normalized spacial score (nSPS) is 33.7. The zero-order valence-electron chi connectivity index (χ0n) is 18.8. The summed E-state index contributed by atoms with van der Waals surface area (Å²) in [5.41, 5.74) is 0.467. The molecule has 31 heavy (non-hydrogen) atoms. The van der Waals surface area contributed by atoms with Crippen molar-refractivity contribution in [3.8, 4) is 17.9 Å². The zero-order valence-corrected chi connectivity index (χ0v) is 18.8. The van der Waals surface area contributed by atoms with E-state index in [0.29, 0.717) is 0 Å². The minimum atomic E-state index is -0.643. The molecule has 0 aliphatic heterocycles. The molecule has 3 aliphatic rings. The molecule has 0 spiro atoms. The van der Waals surface area contributed by atoms with E-state index in [4.69, 9.17) is 5.26 Å². The van der Waals surface area contributed by atoms with Crippen LogP contribution in [-0.2, 0) is 0 Å². The van der Waals surface area contributed by atoms with Crippen LogP contribution in [0.1, 0.15) is 101 Å². The van der Waals surface area contributed by atoms with Crippen LogP contribution < -0.4 is 0 Å². The van der Waals surface area contributed by atoms with Crippen molar-refractivity contribution in [3.63, 3.8) is 0 Å². The van der Waals surface area contributed by atoms with Crippen molar-refractivity contribution >= 4 is 0 Å². The van der Waals surface area contributed by atoms with Gasteiger partial charge < -0.3 is 0 Å². The SMILES string of the molecule is CC1CCC(C2CCC(C3CCC(c4cc(F)c(C#CC#N)c(F)c4)CC3)CC2)CC1. The molecule has 4 rings (SSSR count). The molecule has 0 saturated heterocycles. The van der Waals surface area contributed by atoms with E-state index in [9.17, 15) is 8.78 Å². The van der Waals surface area contributed by atoms with Crippen molar-refractivity contribution < 1.29 is 8.78 Å². The second-order valence-electron chi connectivity index (χ2n) is 10.5. The third-order valence-electron chi connectivity index (χ3n) is 8.76. The van der Waals surface area contributed by atoms with Crippen LogP contribution >= 0.6 is 0 Å². The number of nitriles is 1. The predicted octanol–water partition coefficient (Wildman–Crippen LogP) is 7.75. The summed E-state index contributed by atoms with van der Waals surface area (Å²) in [4.78, 5) is 0. The first-order valence-electron chi connectivity index (χ1n) is 12.4. The fourth-order valence-electron chi connectivity index (χ4n) is 6.81. The molecule has 0 amide bonds. The third-order valence-corrected chi connectivity index (χ3v) is 8.76. The van der Waals surface area contributed by atoms with Crippen molar-refractivity contribution in [1.82, 2.24) is 0 Å². The van der Waals surface area contributed by atoms with Gasteiger partial charge in [0.05, 0.1) is 5.56 Å². The first-order chi connectivity index (χ1) is 15.0. The first kappa shape index (κ1) is 22.3. The van der Waals surface area contributed by atoms with Gasteiger partial charge in [-0.2, -0.15) is 5.26 Å². The second kappa shape index (κ2) is 10.2. The summed E-state index contributed by atoms with van der Waals surface area (Å²) in [7, 11) is 0. The van der Waals surface area contributed by atoms with E-state index >= 15 is 0 Å². The Kier molecular flexibility index (Phi) is 7.32. The summed E-state index contributed by atoms with van der Waals surface area (Å²) in [6.45, 7) is 2.41. The van der Waals surface area contributed by atoms with E-state index in [1.165, 1.54) is 76.3 Å². The Hall–Kier alpha value is -1.87. The van der Waals surface area contributed by atoms with Crippen molar-refractivity contribution in [2.24, 2.45) is 29.6 Å². The lowest BCUT2D eigenvalue weighted by molar-refractivity contribution is 0.112. The first-order valence-corrected chi connectivity index (χ1v) is 12.4. The molecular formula is C28H35F2N. The van der Waals surface area contributed by atoms with E-state index in [1.54, 1.807) is 6.07 Å². The Morgan fingerprint density at radius 2 is 1.13 bits per heavy atom. The molecule has 0 N–H and O–H groups in total. The molecule has 0 radical (unpaired) electrons. The monoisotopic (exact) mass is 423 g/mol.